The van der Waals surface area contributed by atoms with E-state index in [0.717, 1.165) is 16.8 Å². The number of hydrogen-bond acceptors (Lipinski definition) is 4. The number of anilines is 2. The number of nitrogens with one attached hydrogen (secondary N) is 2. The van der Waals surface area contributed by atoms with Crippen molar-refractivity contribution >= 4 is 55.1 Å². The number of aryl methyl sites for hydroxylation is 1. The molecule has 0 spiro atoms. The van der Waals surface area contributed by atoms with Crippen molar-refractivity contribution in [1.29, 1.82) is 0 Å². The van der Waals surface area contributed by atoms with E-state index < -0.39 is 0 Å². The summed E-state index contributed by atoms with van der Waals surface area (Å²) in [6, 6.07) is 24.1. The van der Waals surface area contributed by atoms with Crippen molar-refractivity contribution in [3.8, 4) is 0 Å². The lowest BCUT2D eigenvalue weighted by Gasteiger charge is -2.13. The Morgan fingerprint density at radius 3 is 2.16 bits per heavy atom. The van der Waals surface area contributed by atoms with Crippen molar-refractivity contribution in [2.75, 3.05) is 5.32 Å². The smallest absolute Gasteiger partial charge is 0.196 e. The lowest BCUT2D eigenvalue weighted by atomic mass is 9.99. The fourth-order valence-electron chi connectivity index (χ4n) is 4.28. The summed E-state index contributed by atoms with van der Waals surface area (Å²) in [5, 5.41) is 4.83. The van der Waals surface area contributed by atoms with Crippen molar-refractivity contribution in [1.82, 2.24) is 4.98 Å². The van der Waals surface area contributed by atoms with Crippen LogP contribution in [-0.2, 0) is 0 Å². The fourth-order valence-corrected chi connectivity index (χ4v) is 4.28. The minimum absolute atomic E-state index is 0.187. The van der Waals surface area contributed by atoms with Crippen LogP contribution in [0.5, 0.6) is 0 Å². The van der Waals surface area contributed by atoms with Gasteiger partial charge in [-0.15, -0.1) is 0 Å². The van der Waals surface area contributed by atoms with Gasteiger partial charge in [0.25, 0.3) is 0 Å². The number of hydrogen-bond donors (Lipinski definition) is 2. The minimum Gasteiger partial charge on any atom is -0.453 e. The predicted octanol–water partition coefficient (Wildman–Crippen LogP) is 5.99. The molecule has 5 nitrogen and oxygen atoms in total. The van der Waals surface area contributed by atoms with Crippen LogP contribution in [0.25, 0.3) is 43.7 Å². The van der Waals surface area contributed by atoms with E-state index in [2.05, 4.69) is 10.3 Å². The Morgan fingerprint density at radius 2 is 1.41 bits per heavy atom. The Labute approximate surface area is 181 Å². The molecular weight excluding hydrogens is 400 g/mol. The normalized spacial score (nSPS) is 11.5. The van der Waals surface area contributed by atoms with Crippen molar-refractivity contribution < 1.29 is 4.42 Å². The van der Waals surface area contributed by atoms with E-state index in [9.17, 15) is 9.59 Å². The number of aromatic amines is 1. The third-order valence-electron chi connectivity index (χ3n) is 5.86. The number of aromatic nitrogens is 1. The molecule has 0 amide bonds. The number of para-hydroxylation sites is 2. The van der Waals surface area contributed by atoms with E-state index in [1.165, 1.54) is 0 Å². The van der Waals surface area contributed by atoms with Gasteiger partial charge in [-0.1, -0.05) is 54.1 Å². The number of rotatable bonds is 2. The standard InChI is InChI=1S/C27H18N2O3/c1-15-10-12-16(13-11-15)28-20-14-22-25(29-19-8-4-5-9-21(19)32-22)24-23(20)26(30)17-6-2-3-7-18(17)27(24)31/h2-14,28-29H,1H3. The molecule has 32 heavy (non-hydrogen) atoms. The Morgan fingerprint density at radius 1 is 0.750 bits per heavy atom. The van der Waals surface area contributed by atoms with Gasteiger partial charge in [0.05, 0.1) is 27.5 Å². The first-order valence-electron chi connectivity index (χ1n) is 10.4. The van der Waals surface area contributed by atoms with Gasteiger partial charge in [0.15, 0.2) is 22.0 Å². The summed E-state index contributed by atoms with van der Waals surface area (Å²) in [5.41, 5.74) is 4.53. The molecule has 0 radical (unpaired) electrons. The second-order valence-electron chi connectivity index (χ2n) is 7.97. The van der Waals surface area contributed by atoms with E-state index in [4.69, 9.17) is 4.42 Å². The van der Waals surface area contributed by atoms with Gasteiger partial charge in [0, 0.05) is 22.5 Å². The van der Waals surface area contributed by atoms with Crippen LogP contribution in [0.1, 0.15) is 5.56 Å². The summed E-state index contributed by atoms with van der Waals surface area (Å²) < 4.78 is 6.15. The number of H-pyrrole nitrogens is 1. The average molecular weight is 418 g/mol. The molecule has 0 aliphatic carbocycles. The van der Waals surface area contributed by atoms with Crippen LogP contribution in [0.3, 0.4) is 0 Å². The first-order chi connectivity index (χ1) is 15.6. The third-order valence-corrected chi connectivity index (χ3v) is 5.86. The summed E-state index contributed by atoms with van der Waals surface area (Å²) in [6.45, 7) is 2.01. The van der Waals surface area contributed by atoms with Gasteiger partial charge in [0.1, 0.15) is 0 Å². The molecule has 0 bridgehead atoms. The van der Waals surface area contributed by atoms with Crippen LogP contribution in [-0.4, -0.2) is 4.98 Å². The van der Waals surface area contributed by atoms with Gasteiger partial charge < -0.3 is 14.7 Å². The first kappa shape index (κ1) is 18.4. The maximum absolute atomic E-state index is 13.6. The van der Waals surface area contributed by atoms with Crippen LogP contribution < -0.4 is 16.2 Å². The predicted molar refractivity (Wildman–Crippen MR) is 130 cm³/mol. The Kier molecular flexibility index (Phi) is 3.92. The maximum atomic E-state index is 13.6. The molecule has 5 aromatic carbocycles. The molecule has 1 aromatic heterocycles. The first-order valence-corrected chi connectivity index (χ1v) is 10.4. The quantitative estimate of drug-likeness (QED) is 0.267. The Bertz CT molecular complexity index is 1800. The van der Waals surface area contributed by atoms with E-state index >= 15 is 0 Å². The maximum Gasteiger partial charge on any atom is 0.196 e. The van der Waals surface area contributed by atoms with E-state index in [1.54, 1.807) is 30.3 Å². The number of fused-ring (bicyclic) bond motifs is 5. The molecule has 154 valence electrons. The monoisotopic (exact) mass is 418 g/mol. The summed E-state index contributed by atoms with van der Waals surface area (Å²) in [4.78, 5) is 30.5. The molecule has 0 aliphatic heterocycles. The molecule has 0 aliphatic rings. The van der Waals surface area contributed by atoms with Crippen LogP contribution in [0, 0.1) is 6.92 Å². The molecule has 5 heteroatoms. The number of benzene rings is 5. The average Bonchev–Trinajstić information content (AvgIpc) is 2.82. The molecular formula is C27H18N2O3. The second kappa shape index (κ2) is 6.82. The van der Waals surface area contributed by atoms with Crippen LogP contribution in [0.15, 0.2) is 92.9 Å². The molecule has 1 heterocycles. The highest BCUT2D eigenvalue weighted by Crippen LogP contribution is 2.32. The third kappa shape index (κ3) is 2.72. The molecule has 6 rings (SSSR count). The van der Waals surface area contributed by atoms with Crippen LogP contribution >= 0.6 is 0 Å². The minimum atomic E-state index is -0.200. The summed E-state index contributed by atoms with van der Waals surface area (Å²) >= 11 is 0. The zero-order valence-electron chi connectivity index (χ0n) is 17.2. The van der Waals surface area contributed by atoms with Gasteiger partial charge >= 0.3 is 0 Å². The summed E-state index contributed by atoms with van der Waals surface area (Å²) in [5.74, 6) is 0. The molecule has 0 atom stereocenters. The van der Waals surface area contributed by atoms with Crippen LogP contribution in [0.4, 0.5) is 11.4 Å². The molecule has 0 saturated heterocycles. The van der Waals surface area contributed by atoms with Gasteiger partial charge in [-0.25, -0.2) is 0 Å². The van der Waals surface area contributed by atoms with Gasteiger partial charge in [0.2, 0.25) is 0 Å². The second-order valence-corrected chi connectivity index (χ2v) is 7.97. The Balaban J connectivity index is 1.81. The molecule has 0 saturated carbocycles. The van der Waals surface area contributed by atoms with E-state index in [1.807, 2.05) is 55.5 Å². The van der Waals surface area contributed by atoms with Crippen LogP contribution in [0.2, 0.25) is 0 Å². The highest BCUT2D eigenvalue weighted by Gasteiger charge is 2.19. The SMILES string of the molecule is Cc1ccc(Nc2cc3oc4ccccc4[nH]c3c3c(=O)c4ccccc4c(=O)c23)cc1. The topological polar surface area (TPSA) is 75.1 Å². The lowest BCUT2D eigenvalue weighted by molar-refractivity contribution is 0.657. The molecule has 0 fully saturated rings. The van der Waals surface area contributed by atoms with Gasteiger partial charge in [-0.2, -0.15) is 0 Å². The zero-order chi connectivity index (χ0) is 21.8. The van der Waals surface area contributed by atoms with Crippen molar-refractivity contribution in [3.63, 3.8) is 0 Å². The molecule has 0 unspecified atom stereocenters. The van der Waals surface area contributed by atoms with E-state index in [0.29, 0.717) is 43.9 Å². The highest BCUT2D eigenvalue weighted by atomic mass is 16.3. The lowest BCUT2D eigenvalue weighted by Crippen LogP contribution is -2.15. The Hall–Kier alpha value is -4.38. The summed E-state index contributed by atoms with van der Waals surface area (Å²) in [6.07, 6.45) is 0. The zero-order valence-corrected chi connectivity index (χ0v) is 17.2. The van der Waals surface area contributed by atoms with Gasteiger partial charge in [-0.3, -0.25) is 9.59 Å². The highest BCUT2D eigenvalue weighted by molar-refractivity contribution is 6.15. The molecule has 2 N–H and O–H groups in total. The van der Waals surface area contributed by atoms with Crippen molar-refractivity contribution in [2.24, 2.45) is 0 Å². The van der Waals surface area contributed by atoms with Gasteiger partial charge in [-0.05, 0) is 31.2 Å². The molecule has 6 aromatic rings. The van der Waals surface area contributed by atoms with Crippen molar-refractivity contribution in [3.05, 3.63) is 105 Å². The summed E-state index contributed by atoms with van der Waals surface area (Å²) in [7, 11) is 0. The van der Waals surface area contributed by atoms with E-state index in [-0.39, 0.29) is 10.9 Å². The largest absolute Gasteiger partial charge is 0.453 e. The fraction of sp³-hybridized carbons (Fsp3) is 0.0370. The van der Waals surface area contributed by atoms with Crippen molar-refractivity contribution in [2.45, 2.75) is 6.92 Å².